The summed E-state index contributed by atoms with van der Waals surface area (Å²) in [6.45, 7) is 1.83. The molecule has 0 spiro atoms. The molecule has 0 atom stereocenters. The van der Waals surface area contributed by atoms with E-state index in [1.165, 1.54) is 12.1 Å². The van der Waals surface area contributed by atoms with Gasteiger partial charge in [-0.1, -0.05) is 6.07 Å². The lowest BCUT2D eigenvalue weighted by atomic mass is 10.2. The fourth-order valence-electron chi connectivity index (χ4n) is 1.32. The number of anilines is 1. The number of halogens is 2. The zero-order valence-corrected chi connectivity index (χ0v) is 9.98. The van der Waals surface area contributed by atoms with Crippen molar-refractivity contribution in [3.8, 4) is 0 Å². The van der Waals surface area contributed by atoms with Crippen molar-refractivity contribution in [3.63, 3.8) is 0 Å². The van der Waals surface area contributed by atoms with Crippen molar-refractivity contribution in [2.75, 3.05) is 11.2 Å². The third-order valence-electron chi connectivity index (χ3n) is 2.26. The molecule has 16 heavy (non-hydrogen) atoms. The summed E-state index contributed by atoms with van der Waals surface area (Å²) in [7, 11) is 0. The second-order valence-corrected chi connectivity index (χ2v) is 4.03. The fourth-order valence-corrected chi connectivity index (χ4v) is 1.51. The van der Waals surface area contributed by atoms with E-state index in [1.54, 1.807) is 6.07 Å². The van der Waals surface area contributed by atoms with Crippen LogP contribution in [-0.2, 0) is 4.79 Å². The van der Waals surface area contributed by atoms with Gasteiger partial charge in [-0.15, -0.1) is 11.6 Å². The van der Waals surface area contributed by atoms with Gasteiger partial charge in [-0.2, -0.15) is 0 Å². The lowest BCUT2D eigenvalue weighted by Gasteiger charge is -2.08. The molecule has 1 aromatic rings. The Morgan fingerprint density at radius 3 is 2.88 bits per heavy atom. The van der Waals surface area contributed by atoms with Crippen LogP contribution in [-0.4, -0.2) is 11.8 Å². The SMILES string of the molecule is Cc1ccc(F)cc1NC(=O)CCCCCl. The maximum absolute atomic E-state index is 12.9. The van der Waals surface area contributed by atoms with Gasteiger partial charge < -0.3 is 5.32 Å². The van der Waals surface area contributed by atoms with Crippen LogP contribution < -0.4 is 5.32 Å². The van der Waals surface area contributed by atoms with E-state index in [4.69, 9.17) is 11.6 Å². The summed E-state index contributed by atoms with van der Waals surface area (Å²) in [6.07, 6.45) is 1.99. The second-order valence-electron chi connectivity index (χ2n) is 3.65. The molecule has 4 heteroatoms. The van der Waals surface area contributed by atoms with Crippen molar-refractivity contribution in [1.29, 1.82) is 0 Å². The zero-order chi connectivity index (χ0) is 12.0. The van der Waals surface area contributed by atoms with E-state index in [0.717, 1.165) is 18.4 Å². The number of unbranched alkanes of at least 4 members (excludes halogenated alkanes) is 1. The summed E-state index contributed by atoms with van der Waals surface area (Å²) in [4.78, 5) is 11.5. The number of carbonyl (C=O) groups is 1. The van der Waals surface area contributed by atoms with Gasteiger partial charge in [0.2, 0.25) is 5.91 Å². The molecular formula is C12H15ClFNO. The monoisotopic (exact) mass is 243 g/mol. The number of hydrogen-bond acceptors (Lipinski definition) is 1. The van der Waals surface area contributed by atoms with Gasteiger partial charge in [0.15, 0.2) is 0 Å². The Morgan fingerprint density at radius 1 is 1.44 bits per heavy atom. The Kier molecular flexibility index (Phi) is 5.26. The first kappa shape index (κ1) is 13.0. The minimum absolute atomic E-state index is 0.0983. The van der Waals surface area contributed by atoms with E-state index in [0.29, 0.717) is 18.0 Å². The number of carbonyl (C=O) groups excluding carboxylic acids is 1. The summed E-state index contributed by atoms with van der Waals surface area (Å²) < 4.78 is 12.9. The molecule has 1 N–H and O–H groups in total. The van der Waals surface area contributed by atoms with E-state index < -0.39 is 0 Å². The summed E-state index contributed by atoms with van der Waals surface area (Å²) >= 11 is 5.51. The molecule has 0 aromatic heterocycles. The minimum atomic E-state index is -0.346. The van der Waals surface area contributed by atoms with E-state index in [-0.39, 0.29) is 11.7 Å². The molecule has 0 heterocycles. The van der Waals surface area contributed by atoms with E-state index in [2.05, 4.69) is 5.32 Å². The van der Waals surface area contributed by atoms with Gasteiger partial charge >= 0.3 is 0 Å². The van der Waals surface area contributed by atoms with Gasteiger partial charge in [-0.05, 0) is 37.5 Å². The van der Waals surface area contributed by atoms with Crippen LogP contribution in [0, 0.1) is 12.7 Å². The van der Waals surface area contributed by atoms with Gasteiger partial charge in [0.25, 0.3) is 0 Å². The standard InChI is InChI=1S/C12H15ClFNO/c1-9-5-6-10(14)8-11(9)15-12(16)4-2-3-7-13/h5-6,8H,2-4,7H2,1H3,(H,15,16). The number of nitrogens with one attached hydrogen (secondary N) is 1. The van der Waals surface area contributed by atoms with Crippen molar-refractivity contribution < 1.29 is 9.18 Å². The highest BCUT2D eigenvalue weighted by molar-refractivity contribution is 6.17. The lowest BCUT2D eigenvalue weighted by molar-refractivity contribution is -0.116. The average Bonchev–Trinajstić information content (AvgIpc) is 2.24. The van der Waals surface area contributed by atoms with E-state index in [9.17, 15) is 9.18 Å². The topological polar surface area (TPSA) is 29.1 Å². The predicted octanol–water partition coefficient (Wildman–Crippen LogP) is 3.48. The summed E-state index contributed by atoms with van der Waals surface area (Å²) in [5.74, 6) is 0.118. The molecule has 0 fully saturated rings. The largest absolute Gasteiger partial charge is 0.326 e. The smallest absolute Gasteiger partial charge is 0.224 e. The van der Waals surface area contributed by atoms with Crippen LogP contribution in [0.25, 0.3) is 0 Å². The molecule has 0 unspecified atom stereocenters. The molecule has 1 rings (SSSR count). The molecule has 0 aliphatic heterocycles. The number of hydrogen-bond donors (Lipinski definition) is 1. The van der Waals surface area contributed by atoms with Crippen molar-refractivity contribution in [3.05, 3.63) is 29.6 Å². The molecule has 1 amide bonds. The van der Waals surface area contributed by atoms with Crippen molar-refractivity contribution >= 4 is 23.2 Å². The van der Waals surface area contributed by atoms with E-state index in [1.807, 2.05) is 6.92 Å². The maximum Gasteiger partial charge on any atom is 0.224 e. The quantitative estimate of drug-likeness (QED) is 0.623. The summed E-state index contributed by atoms with van der Waals surface area (Å²) in [6, 6.07) is 4.34. The summed E-state index contributed by atoms with van der Waals surface area (Å²) in [5.41, 5.74) is 1.39. The van der Waals surface area contributed by atoms with Crippen LogP contribution in [0.3, 0.4) is 0 Å². The molecule has 0 radical (unpaired) electrons. The highest BCUT2D eigenvalue weighted by Gasteiger charge is 2.05. The molecule has 0 bridgehead atoms. The first-order valence-electron chi connectivity index (χ1n) is 5.25. The number of alkyl halides is 1. The first-order valence-corrected chi connectivity index (χ1v) is 5.79. The zero-order valence-electron chi connectivity index (χ0n) is 9.22. The van der Waals surface area contributed by atoms with Crippen LogP contribution in [0.15, 0.2) is 18.2 Å². The second kappa shape index (κ2) is 6.48. The molecule has 0 saturated carbocycles. The Hall–Kier alpha value is -1.09. The average molecular weight is 244 g/mol. The lowest BCUT2D eigenvalue weighted by Crippen LogP contribution is -2.12. The van der Waals surface area contributed by atoms with Crippen LogP contribution in [0.4, 0.5) is 10.1 Å². The van der Waals surface area contributed by atoms with E-state index >= 15 is 0 Å². The molecule has 2 nitrogen and oxygen atoms in total. The highest BCUT2D eigenvalue weighted by atomic mass is 35.5. The van der Waals surface area contributed by atoms with Gasteiger partial charge in [0.05, 0.1) is 0 Å². The first-order chi connectivity index (χ1) is 7.63. The van der Waals surface area contributed by atoms with Gasteiger partial charge in [0.1, 0.15) is 5.82 Å². The molecule has 0 aliphatic rings. The van der Waals surface area contributed by atoms with Gasteiger partial charge in [-0.25, -0.2) is 4.39 Å². The highest BCUT2D eigenvalue weighted by Crippen LogP contribution is 2.16. The van der Waals surface area contributed by atoms with Crippen molar-refractivity contribution in [2.24, 2.45) is 0 Å². The van der Waals surface area contributed by atoms with Crippen LogP contribution in [0.2, 0.25) is 0 Å². The molecule has 0 saturated heterocycles. The summed E-state index contributed by atoms with van der Waals surface area (Å²) in [5, 5.41) is 2.69. The Bertz CT molecular complexity index is 368. The van der Waals surface area contributed by atoms with Crippen molar-refractivity contribution in [2.45, 2.75) is 26.2 Å². The number of aryl methyl sites for hydroxylation is 1. The normalized spacial score (nSPS) is 10.2. The molecule has 1 aromatic carbocycles. The maximum atomic E-state index is 12.9. The molecular weight excluding hydrogens is 229 g/mol. The Labute approximate surface area is 99.8 Å². The van der Waals surface area contributed by atoms with Crippen LogP contribution in [0.5, 0.6) is 0 Å². The van der Waals surface area contributed by atoms with Crippen LogP contribution >= 0.6 is 11.6 Å². The Balaban J connectivity index is 2.52. The number of amides is 1. The minimum Gasteiger partial charge on any atom is -0.326 e. The number of benzene rings is 1. The predicted molar refractivity (Wildman–Crippen MR) is 64.3 cm³/mol. The molecule has 0 aliphatic carbocycles. The van der Waals surface area contributed by atoms with Crippen LogP contribution in [0.1, 0.15) is 24.8 Å². The van der Waals surface area contributed by atoms with Crippen molar-refractivity contribution in [1.82, 2.24) is 0 Å². The fraction of sp³-hybridized carbons (Fsp3) is 0.417. The number of rotatable bonds is 5. The third-order valence-corrected chi connectivity index (χ3v) is 2.53. The van der Waals surface area contributed by atoms with Gasteiger partial charge in [0, 0.05) is 18.0 Å². The molecule has 88 valence electrons. The Morgan fingerprint density at radius 2 is 2.19 bits per heavy atom. The third kappa shape index (κ3) is 4.19. The van der Waals surface area contributed by atoms with Gasteiger partial charge in [-0.3, -0.25) is 4.79 Å².